The molecule has 0 aromatic heterocycles. The Morgan fingerprint density at radius 3 is 2.21 bits per heavy atom. The van der Waals surface area contributed by atoms with Crippen molar-refractivity contribution in [2.75, 3.05) is 23.9 Å². The van der Waals surface area contributed by atoms with E-state index in [9.17, 15) is 18.0 Å². The zero-order valence-electron chi connectivity index (χ0n) is 23.1. The number of para-hydroxylation sites is 1. The van der Waals surface area contributed by atoms with Crippen LogP contribution in [0.2, 0.25) is 0 Å². The summed E-state index contributed by atoms with van der Waals surface area (Å²) in [6, 6.07) is 28.9. The van der Waals surface area contributed by atoms with Crippen LogP contribution < -0.4 is 9.62 Å². The van der Waals surface area contributed by atoms with E-state index >= 15 is 0 Å². The van der Waals surface area contributed by atoms with Gasteiger partial charge in [-0.15, -0.1) is 0 Å². The lowest BCUT2D eigenvalue weighted by Crippen LogP contribution is -2.53. The first kappa shape index (κ1) is 28.8. The van der Waals surface area contributed by atoms with E-state index in [-0.39, 0.29) is 17.2 Å². The van der Waals surface area contributed by atoms with Gasteiger partial charge in [0.05, 0.1) is 22.2 Å². The van der Waals surface area contributed by atoms with E-state index < -0.39 is 28.5 Å². The number of nitriles is 1. The average Bonchev–Trinajstić information content (AvgIpc) is 3.03. The molecule has 1 aliphatic heterocycles. The molecule has 42 heavy (non-hydrogen) atoms. The monoisotopic (exact) mass is 580 g/mol. The van der Waals surface area contributed by atoms with Gasteiger partial charge in [-0.05, 0) is 72.0 Å². The predicted molar refractivity (Wildman–Crippen MR) is 162 cm³/mol. The molecule has 0 spiro atoms. The van der Waals surface area contributed by atoms with Crippen LogP contribution in [-0.4, -0.2) is 50.8 Å². The summed E-state index contributed by atoms with van der Waals surface area (Å²) in [5, 5.41) is 13.7. The van der Waals surface area contributed by atoms with Gasteiger partial charge in [0.25, 0.3) is 10.0 Å². The largest absolute Gasteiger partial charge is 0.342 e. The van der Waals surface area contributed by atoms with Crippen molar-refractivity contribution in [3.8, 4) is 6.07 Å². The number of likely N-dealkylation sites (tertiary alicyclic amines) is 1. The molecular formula is C33H32N4O4S. The second kappa shape index (κ2) is 12.9. The summed E-state index contributed by atoms with van der Waals surface area (Å²) >= 11 is 0. The number of carbonyl (C=O) groups is 2. The lowest BCUT2D eigenvalue weighted by Gasteiger charge is -2.31. The third-order valence-corrected chi connectivity index (χ3v) is 9.23. The molecule has 9 heteroatoms. The molecule has 1 N–H and O–H groups in total. The van der Waals surface area contributed by atoms with E-state index in [0.29, 0.717) is 24.3 Å². The molecule has 1 saturated heterocycles. The molecule has 5 rings (SSSR count). The van der Waals surface area contributed by atoms with E-state index in [0.717, 1.165) is 39.9 Å². The van der Waals surface area contributed by atoms with Gasteiger partial charge in [-0.25, -0.2) is 8.42 Å². The lowest BCUT2D eigenvalue weighted by molar-refractivity contribution is -0.136. The molecule has 4 aromatic carbocycles. The van der Waals surface area contributed by atoms with E-state index in [2.05, 4.69) is 11.4 Å². The van der Waals surface area contributed by atoms with E-state index in [1.807, 2.05) is 24.3 Å². The van der Waals surface area contributed by atoms with Crippen LogP contribution in [0.1, 0.15) is 30.4 Å². The molecule has 8 nitrogen and oxygen atoms in total. The second-order valence-electron chi connectivity index (χ2n) is 10.4. The number of nitrogens with one attached hydrogen (secondary N) is 1. The number of benzene rings is 4. The van der Waals surface area contributed by atoms with Gasteiger partial charge in [0, 0.05) is 19.5 Å². The van der Waals surface area contributed by atoms with E-state index in [4.69, 9.17) is 5.26 Å². The number of fused-ring (bicyclic) bond motifs is 1. The molecule has 1 atom stereocenters. The zero-order chi connectivity index (χ0) is 29.5. The van der Waals surface area contributed by atoms with Crippen molar-refractivity contribution in [1.82, 2.24) is 10.2 Å². The maximum absolute atomic E-state index is 14.0. The summed E-state index contributed by atoms with van der Waals surface area (Å²) < 4.78 is 29.0. The summed E-state index contributed by atoms with van der Waals surface area (Å²) in [5.41, 5.74) is 1.62. The van der Waals surface area contributed by atoms with Gasteiger partial charge < -0.3 is 10.2 Å². The fourth-order valence-corrected chi connectivity index (χ4v) is 6.68. The van der Waals surface area contributed by atoms with Gasteiger partial charge >= 0.3 is 0 Å². The van der Waals surface area contributed by atoms with Crippen molar-refractivity contribution in [1.29, 1.82) is 5.26 Å². The number of hydrogen-bond donors (Lipinski definition) is 1. The van der Waals surface area contributed by atoms with Crippen LogP contribution in [0.3, 0.4) is 0 Å². The van der Waals surface area contributed by atoms with Crippen LogP contribution in [0.25, 0.3) is 10.8 Å². The van der Waals surface area contributed by atoms with Gasteiger partial charge in [0.1, 0.15) is 12.6 Å². The predicted octanol–water partition coefficient (Wildman–Crippen LogP) is 4.65. The summed E-state index contributed by atoms with van der Waals surface area (Å²) in [6.07, 6.45) is 3.06. The minimum atomic E-state index is -4.14. The van der Waals surface area contributed by atoms with Crippen LogP contribution in [-0.2, 0) is 26.0 Å². The molecule has 4 aromatic rings. The fourth-order valence-electron chi connectivity index (χ4n) is 5.22. The normalized spacial score (nSPS) is 14.1. The molecule has 0 saturated carbocycles. The zero-order valence-corrected chi connectivity index (χ0v) is 24.0. The Balaban J connectivity index is 1.42. The number of amides is 2. The van der Waals surface area contributed by atoms with E-state index in [1.165, 1.54) is 0 Å². The van der Waals surface area contributed by atoms with Crippen molar-refractivity contribution >= 4 is 38.3 Å². The number of nitrogens with zero attached hydrogens (tertiary/aromatic N) is 3. The Bertz CT molecular complexity index is 1710. The third-order valence-electron chi connectivity index (χ3n) is 7.46. The number of sulfonamides is 1. The number of carbonyl (C=O) groups excluding carboxylic acids is 2. The topological polar surface area (TPSA) is 111 Å². The highest BCUT2D eigenvalue weighted by Gasteiger charge is 2.31. The highest BCUT2D eigenvalue weighted by Crippen LogP contribution is 2.26. The minimum Gasteiger partial charge on any atom is -0.342 e. The number of anilines is 1. The minimum absolute atomic E-state index is 0.0661. The second-order valence-corrected chi connectivity index (χ2v) is 12.2. The molecule has 0 aliphatic carbocycles. The van der Waals surface area contributed by atoms with Crippen LogP contribution >= 0.6 is 0 Å². The maximum atomic E-state index is 14.0. The number of piperidine rings is 1. The SMILES string of the molecule is N#Cc1ccc(C[C@@H](NC(=O)CN(c2ccccc2)S(=O)(=O)c2ccc3ccccc3c2)C(=O)N2CCCCC2)cc1. The maximum Gasteiger partial charge on any atom is 0.264 e. The fraction of sp³-hybridized carbons (Fsp3) is 0.242. The molecule has 0 bridgehead atoms. The Labute approximate surface area is 246 Å². The van der Waals surface area contributed by atoms with Crippen LogP contribution in [0.5, 0.6) is 0 Å². The molecule has 214 valence electrons. The Morgan fingerprint density at radius 2 is 1.52 bits per heavy atom. The smallest absolute Gasteiger partial charge is 0.264 e. The first-order valence-electron chi connectivity index (χ1n) is 14.0. The standard InChI is InChI=1S/C33H32N4O4S/c34-23-26-15-13-25(14-16-26)21-31(33(39)36-19-7-2-8-20-36)35-32(38)24-37(29-11-3-1-4-12-29)42(40,41)30-18-17-27-9-5-6-10-28(27)22-30/h1,3-6,9-18,22,31H,2,7-8,19-21,24H2,(H,35,38)/t31-/m1/s1. The van der Waals surface area contributed by atoms with Crippen molar-refractivity contribution in [3.05, 3.63) is 108 Å². The first-order chi connectivity index (χ1) is 20.3. The van der Waals surface area contributed by atoms with Crippen molar-refractivity contribution in [2.45, 2.75) is 36.6 Å². The molecule has 1 heterocycles. The highest BCUT2D eigenvalue weighted by molar-refractivity contribution is 7.92. The van der Waals surface area contributed by atoms with Crippen molar-refractivity contribution in [3.63, 3.8) is 0 Å². The summed E-state index contributed by atoms with van der Waals surface area (Å²) in [6.45, 7) is 0.729. The van der Waals surface area contributed by atoms with Crippen LogP contribution in [0, 0.1) is 11.3 Å². The molecule has 0 unspecified atom stereocenters. The molecule has 1 aliphatic rings. The average molecular weight is 581 g/mol. The van der Waals surface area contributed by atoms with Gasteiger partial charge in [-0.2, -0.15) is 5.26 Å². The Morgan fingerprint density at radius 1 is 0.857 bits per heavy atom. The number of rotatable bonds is 9. The first-order valence-corrected chi connectivity index (χ1v) is 15.4. The van der Waals surface area contributed by atoms with Crippen molar-refractivity contribution in [2.24, 2.45) is 0 Å². The van der Waals surface area contributed by atoms with Crippen LogP contribution in [0.4, 0.5) is 5.69 Å². The van der Waals surface area contributed by atoms with Gasteiger partial charge in [-0.1, -0.05) is 60.7 Å². The lowest BCUT2D eigenvalue weighted by atomic mass is 10.0. The third kappa shape index (κ3) is 6.61. The van der Waals surface area contributed by atoms with Gasteiger partial charge in [-0.3, -0.25) is 13.9 Å². The Kier molecular flexibility index (Phi) is 8.84. The molecule has 2 amide bonds. The van der Waals surface area contributed by atoms with Gasteiger partial charge in [0.15, 0.2) is 0 Å². The molecule has 0 radical (unpaired) electrons. The van der Waals surface area contributed by atoms with Gasteiger partial charge in [0.2, 0.25) is 11.8 Å². The Hall–Kier alpha value is -4.68. The molecular weight excluding hydrogens is 548 g/mol. The van der Waals surface area contributed by atoms with E-state index in [1.54, 1.807) is 77.7 Å². The quantitative estimate of drug-likeness (QED) is 0.310. The highest BCUT2D eigenvalue weighted by atomic mass is 32.2. The number of hydrogen-bond acceptors (Lipinski definition) is 5. The summed E-state index contributed by atoms with van der Waals surface area (Å²) in [7, 11) is -4.14. The van der Waals surface area contributed by atoms with Crippen molar-refractivity contribution < 1.29 is 18.0 Å². The van der Waals surface area contributed by atoms with Crippen LogP contribution in [0.15, 0.2) is 102 Å². The summed E-state index contributed by atoms with van der Waals surface area (Å²) in [4.78, 5) is 29.0. The summed E-state index contributed by atoms with van der Waals surface area (Å²) in [5.74, 6) is -0.789. The molecule has 1 fully saturated rings.